The van der Waals surface area contributed by atoms with E-state index < -0.39 is 10.0 Å². The van der Waals surface area contributed by atoms with Gasteiger partial charge in [0.15, 0.2) is 0 Å². The predicted octanol–water partition coefficient (Wildman–Crippen LogP) is 2.49. The third-order valence-corrected chi connectivity index (χ3v) is 6.58. The Morgan fingerprint density at radius 1 is 1.24 bits per heavy atom. The van der Waals surface area contributed by atoms with E-state index in [0.29, 0.717) is 37.3 Å². The number of anilines is 1. The van der Waals surface area contributed by atoms with Gasteiger partial charge in [-0.2, -0.15) is 0 Å². The molecule has 0 radical (unpaired) electrons. The largest absolute Gasteiger partial charge is 0.497 e. The fraction of sp³-hybridized carbons (Fsp3) is 0.333. The van der Waals surface area contributed by atoms with Crippen molar-refractivity contribution < 1.29 is 17.9 Å². The highest BCUT2D eigenvalue weighted by atomic mass is 32.2. The summed E-state index contributed by atoms with van der Waals surface area (Å²) in [6.07, 6.45) is 2.77. The van der Waals surface area contributed by atoms with Crippen LogP contribution >= 0.6 is 0 Å². The minimum Gasteiger partial charge on any atom is -0.497 e. The molecule has 2 aliphatic heterocycles. The number of hydrogen-bond donors (Lipinski definition) is 1. The van der Waals surface area contributed by atoms with Crippen molar-refractivity contribution in [2.45, 2.75) is 30.6 Å². The van der Waals surface area contributed by atoms with E-state index in [1.54, 1.807) is 31.4 Å². The second kappa shape index (κ2) is 7.87. The molecule has 0 bridgehead atoms. The van der Waals surface area contributed by atoms with Crippen molar-refractivity contribution >= 4 is 27.5 Å². The number of nitrogens with zero attached hydrogens (tertiary/aromatic N) is 2. The standard InChI is InChI=1S/C21H23N3O4S/c1-28-16-10-11-18-15(14-16)6-5-13-24(18)20(25)9-4-12-22-21-17-7-2-3-8-19(17)29(26,27)23-21/h2-3,7-8,10-11,14H,4-6,9,12-13H2,1H3,(H,22,23). The summed E-state index contributed by atoms with van der Waals surface area (Å²) in [5.74, 6) is 1.21. The van der Waals surface area contributed by atoms with Crippen molar-refractivity contribution in [1.82, 2.24) is 4.72 Å². The third-order valence-electron chi connectivity index (χ3n) is 5.19. The molecule has 1 amide bonds. The number of ether oxygens (including phenoxy) is 1. The average molecular weight is 413 g/mol. The van der Waals surface area contributed by atoms with E-state index in [9.17, 15) is 13.2 Å². The maximum atomic E-state index is 12.7. The van der Waals surface area contributed by atoms with E-state index in [-0.39, 0.29) is 10.8 Å². The number of carbonyl (C=O) groups is 1. The lowest BCUT2D eigenvalue weighted by molar-refractivity contribution is -0.118. The number of carbonyl (C=O) groups excluding carboxylic acids is 1. The number of hydrogen-bond acceptors (Lipinski definition) is 5. The summed E-state index contributed by atoms with van der Waals surface area (Å²) >= 11 is 0. The van der Waals surface area contributed by atoms with Gasteiger partial charge in [0, 0.05) is 30.8 Å². The lowest BCUT2D eigenvalue weighted by Crippen LogP contribution is -2.35. The van der Waals surface area contributed by atoms with Crippen LogP contribution in [-0.4, -0.2) is 40.4 Å². The molecule has 0 aliphatic carbocycles. The van der Waals surface area contributed by atoms with Gasteiger partial charge in [0.25, 0.3) is 10.0 Å². The number of aliphatic imine (C=N–C) groups is 1. The van der Waals surface area contributed by atoms with Crippen LogP contribution in [0.3, 0.4) is 0 Å². The van der Waals surface area contributed by atoms with Gasteiger partial charge in [-0.05, 0) is 55.2 Å². The first-order valence-electron chi connectivity index (χ1n) is 9.63. The molecule has 29 heavy (non-hydrogen) atoms. The molecule has 8 heteroatoms. The van der Waals surface area contributed by atoms with Gasteiger partial charge in [-0.25, -0.2) is 8.42 Å². The molecule has 4 rings (SSSR count). The monoisotopic (exact) mass is 413 g/mol. The van der Waals surface area contributed by atoms with Gasteiger partial charge in [-0.1, -0.05) is 12.1 Å². The summed E-state index contributed by atoms with van der Waals surface area (Å²) in [7, 11) is -1.89. The number of nitrogens with one attached hydrogen (secondary N) is 1. The molecule has 1 N–H and O–H groups in total. The summed E-state index contributed by atoms with van der Waals surface area (Å²) in [6.45, 7) is 1.08. The molecule has 7 nitrogen and oxygen atoms in total. The first kappa shape index (κ1) is 19.4. The second-order valence-corrected chi connectivity index (χ2v) is 8.73. The third kappa shape index (κ3) is 3.85. The zero-order valence-electron chi connectivity index (χ0n) is 16.2. The molecule has 0 saturated heterocycles. The first-order valence-corrected chi connectivity index (χ1v) is 11.1. The summed E-state index contributed by atoms with van der Waals surface area (Å²) in [5, 5.41) is 0. The van der Waals surface area contributed by atoms with E-state index >= 15 is 0 Å². The SMILES string of the molecule is COc1ccc2c(c1)CCCN2C(=O)CCCN=C1NS(=O)(=O)c2ccccc21. The van der Waals surface area contributed by atoms with Gasteiger partial charge in [0.2, 0.25) is 5.91 Å². The van der Waals surface area contributed by atoms with Crippen molar-refractivity contribution in [1.29, 1.82) is 0 Å². The van der Waals surface area contributed by atoms with Crippen LogP contribution in [0.5, 0.6) is 5.75 Å². The van der Waals surface area contributed by atoms with Gasteiger partial charge in [0.1, 0.15) is 11.6 Å². The van der Waals surface area contributed by atoms with Gasteiger partial charge in [-0.3, -0.25) is 14.5 Å². The maximum Gasteiger partial charge on any atom is 0.263 e. The molecular formula is C21H23N3O4S. The van der Waals surface area contributed by atoms with Gasteiger partial charge in [-0.15, -0.1) is 0 Å². The number of rotatable bonds is 5. The van der Waals surface area contributed by atoms with Gasteiger partial charge < -0.3 is 9.64 Å². The molecule has 2 aromatic carbocycles. The quantitative estimate of drug-likeness (QED) is 0.763. The lowest BCUT2D eigenvalue weighted by atomic mass is 10.0. The number of fused-ring (bicyclic) bond motifs is 2. The summed E-state index contributed by atoms with van der Waals surface area (Å²) in [5.41, 5.74) is 2.66. The number of amidine groups is 1. The Labute approximate surface area is 170 Å². The topological polar surface area (TPSA) is 88.1 Å². The second-order valence-electron chi connectivity index (χ2n) is 7.08. The minimum atomic E-state index is -3.53. The molecule has 0 fully saturated rings. The highest BCUT2D eigenvalue weighted by Gasteiger charge is 2.30. The highest BCUT2D eigenvalue weighted by Crippen LogP contribution is 2.31. The van der Waals surface area contributed by atoms with Crippen molar-refractivity contribution in [3.05, 3.63) is 53.6 Å². The molecule has 2 aromatic rings. The van der Waals surface area contributed by atoms with Crippen molar-refractivity contribution in [2.75, 3.05) is 25.1 Å². The number of amides is 1. The van der Waals surface area contributed by atoms with Crippen LogP contribution in [0, 0.1) is 0 Å². The van der Waals surface area contributed by atoms with E-state index in [1.807, 2.05) is 23.1 Å². The van der Waals surface area contributed by atoms with E-state index in [2.05, 4.69) is 9.71 Å². The molecule has 0 aromatic heterocycles. The zero-order valence-corrected chi connectivity index (χ0v) is 17.0. The van der Waals surface area contributed by atoms with Crippen LogP contribution < -0.4 is 14.4 Å². The number of methoxy groups -OCH3 is 1. The van der Waals surface area contributed by atoms with Crippen LogP contribution in [0.2, 0.25) is 0 Å². The van der Waals surface area contributed by atoms with Crippen LogP contribution in [0.1, 0.15) is 30.4 Å². The van der Waals surface area contributed by atoms with E-state index in [0.717, 1.165) is 29.8 Å². The normalized spacial score (nSPS) is 18.1. The van der Waals surface area contributed by atoms with Crippen LogP contribution in [0.25, 0.3) is 0 Å². The smallest absolute Gasteiger partial charge is 0.263 e. The Bertz CT molecular complexity index is 1080. The number of benzene rings is 2. The van der Waals surface area contributed by atoms with Crippen molar-refractivity contribution in [3.63, 3.8) is 0 Å². The summed E-state index contributed by atoms with van der Waals surface area (Å²) in [6, 6.07) is 12.6. The summed E-state index contributed by atoms with van der Waals surface area (Å²) < 4.78 is 32.0. The molecule has 152 valence electrons. The molecule has 0 unspecified atom stereocenters. The molecular weight excluding hydrogens is 390 g/mol. The Kier molecular flexibility index (Phi) is 5.27. The molecule has 2 aliphatic rings. The summed E-state index contributed by atoms with van der Waals surface area (Å²) in [4.78, 5) is 19.2. The van der Waals surface area contributed by atoms with Gasteiger partial charge >= 0.3 is 0 Å². The van der Waals surface area contributed by atoms with E-state index in [1.165, 1.54) is 0 Å². The van der Waals surface area contributed by atoms with Crippen LogP contribution in [-0.2, 0) is 21.2 Å². The number of sulfonamides is 1. The fourth-order valence-electron chi connectivity index (χ4n) is 3.77. The molecule has 2 heterocycles. The lowest BCUT2D eigenvalue weighted by Gasteiger charge is -2.29. The fourth-order valence-corrected chi connectivity index (χ4v) is 5.02. The van der Waals surface area contributed by atoms with Crippen molar-refractivity contribution in [3.8, 4) is 5.75 Å². The Morgan fingerprint density at radius 2 is 2.07 bits per heavy atom. The molecule has 0 spiro atoms. The highest BCUT2D eigenvalue weighted by molar-refractivity contribution is 7.90. The zero-order chi connectivity index (χ0) is 20.4. The Morgan fingerprint density at radius 3 is 2.90 bits per heavy atom. The Hall–Kier alpha value is -2.87. The number of aryl methyl sites for hydroxylation is 1. The van der Waals surface area contributed by atoms with Crippen LogP contribution in [0.15, 0.2) is 52.4 Å². The molecule has 0 saturated carbocycles. The first-order chi connectivity index (χ1) is 14.0. The molecule has 0 atom stereocenters. The minimum absolute atomic E-state index is 0.0590. The maximum absolute atomic E-state index is 12.7. The van der Waals surface area contributed by atoms with Crippen molar-refractivity contribution in [2.24, 2.45) is 4.99 Å². The van der Waals surface area contributed by atoms with Crippen LogP contribution in [0.4, 0.5) is 5.69 Å². The van der Waals surface area contributed by atoms with Gasteiger partial charge in [0.05, 0.1) is 12.0 Å². The van der Waals surface area contributed by atoms with E-state index in [4.69, 9.17) is 4.74 Å². The Balaban J connectivity index is 1.39. The average Bonchev–Trinajstić information content (AvgIpc) is 3.00. The predicted molar refractivity (Wildman–Crippen MR) is 111 cm³/mol.